The average Bonchev–Trinajstić information content (AvgIpc) is 2.85. The van der Waals surface area contributed by atoms with Crippen LogP contribution >= 0.6 is 23.2 Å². The van der Waals surface area contributed by atoms with E-state index in [1.54, 1.807) is 6.07 Å². The molecule has 1 aliphatic rings. The van der Waals surface area contributed by atoms with Gasteiger partial charge in [0.05, 0.1) is 5.02 Å². The molecule has 1 heterocycles. The molecule has 0 bridgehead atoms. The molecule has 0 atom stereocenters. The fourth-order valence-electron chi connectivity index (χ4n) is 2.02. The third-order valence-electron chi connectivity index (χ3n) is 2.98. The van der Waals surface area contributed by atoms with Crippen LogP contribution in [0.5, 0.6) is 0 Å². The number of nitrogens with zero attached hydrogens (tertiary/aromatic N) is 1. The zero-order valence-electron chi connectivity index (χ0n) is 9.70. The minimum absolute atomic E-state index is 0.0546. The van der Waals surface area contributed by atoms with Crippen molar-refractivity contribution in [2.45, 2.75) is 24.3 Å². The Labute approximate surface area is 117 Å². The Kier molecular flexibility index (Phi) is 4.18. The van der Waals surface area contributed by atoms with Crippen molar-refractivity contribution in [3.8, 4) is 0 Å². The summed E-state index contributed by atoms with van der Waals surface area (Å²) in [6, 6.07) is 2.98. The maximum Gasteiger partial charge on any atom is 0.244 e. The second-order valence-corrected chi connectivity index (χ2v) is 6.91. The van der Waals surface area contributed by atoms with E-state index in [0.717, 1.165) is 12.8 Å². The quantitative estimate of drug-likeness (QED) is 0.931. The van der Waals surface area contributed by atoms with E-state index < -0.39 is 10.0 Å². The Morgan fingerprint density at radius 1 is 1.22 bits per heavy atom. The summed E-state index contributed by atoms with van der Waals surface area (Å²) in [5, 5.41) is 0.506. The molecule has 4 nitrogen and oxygen atoms in total. The lowest BCUT2D eigenvalue weighted by atomic mass is 10.2. The van der Waals surface area contributed by atoms with Crippen molar-refractivity contribution in [3.63, 3.8) is 0 Å². The lowest BCUT2D eigenvalue weighted by molar-refractivity contribution is 0.477. The molecular formula is C11H14Cl2N2O2S. The van der Waals surface area contributed by atoms with Gasteiger partial charge in [0, 0.05) is 24.7 Å². The maximum absolute atomic E-state index is 12.4. The number of hydrogen-bond acceptors (Lipinski definition) is 3. The Morgan fingerprint density at radius 3 is 2.39 bits per heavy atom. The van der Waals surface area contributed by atoms with Crippen molar-refractivity contribution in [1.82, 2.24) is 4.31 Å². The molecule has 1 aliphatic heterocycles. The maximum atomic E-state index is 12.4. The summed E-state index contributed by atoms with van der Waals surface area (Å²) in [6.07, 6.45) is 1.75. The molecule has 18 heavy (non-hydrogen) atoms. The fourth-order valence-corrected chi connectivity index (χ4v) is 4.46. The minimum atomic E-state index is -3.56. The van der Waals surface area contributed by atoms with Gasteiger partial charge in [-0.15, -0.1) is 0 Å². The van der Waals surface area contributed by atoms with Crippen LogP contribution in [0.25, 0.3) is 0 Å². The van der Waals surface area contributed by atoms with Gasteiger partial charge >= 0.3 is 0 Å². The van der Waals surface area contributed by atoms with Crippen LogP contribution in [0, 0.1) is 0 Å². The van der Waals surface area contributed by atoms with E-state index in [-0.39, 0.29) is 16.5 Å². The van der Waals surface area contributed by atoms with Crippen molar-refractivity contribution in [2.24, 2.45) is 5.73 Å². The number of rotatable bonds is 3. The standard InChI is InChI=1S/C11H14Cl2N2O2S/c12-9-5-8(7-14)11(13)10(6-9)18(16,17)15-3-1-2-4-15/h5-6H,1-4,7,14H2. The first-order valence-corrected chi connectivity index (χ1v) is 7.84. The van der Waals surface area contributed by atoms with E-state index in [0.29, 0.717) is 23.7 Å². The Hall–Kier alpha value is -0.330. The highest BCUT2D eigenvalue weighted by atomic mass is 35.5. The monoisotopic (exact) mass is 308 g/mol. The highest BCUT2D eigenvalue weighted by Crippen LogP contribution is 2.32. The van der Waals surface area contributed by atoms with Gasteiger partial charge in [0.2, 0.25) is 10.0 Å². The first-order valence-electron chi connectivity index (χ1n) is 5.65. The summed E-state index contributed by atoms with van der Waals surface area (Å²) in [4.78, 5) is 0.0546. The molecule has 100 valence electrons. The van der Waals surface area contributed by atoms with Crippen molar-refractivity contribution in [3.05, 3.63) is 27.7 Å². The van der Waals surface area contributed by atoms with Crippen LogP contribution in [0.2, 0.25) is 10.0 Å². The van der Waals surface area contributed by atoms with E-state index in [9.17, 15) is 8.42 Å². The zero-order chi connectivity index (χ0) is 13.3. The highest BCUT2D eigenvalue weighted by Gasteiger charge is 2.30. The Morgan fingerprint density at radius 2 is 1.83 bits per heavy atom. The van der Waals surface area contributed by atoms with E-state index in [1.165, 1.54) is 10.4 Å². The predicted octanol–water partition coefficient (Wildman–Crippen LogP) is 2.24. The molecule has 0 aliphatic carbocycles. The molecule has 1 fully saturated rings. The topological polar surface area (TPSA) is 63.4 Å². The van der Waals surface area contributed by atoms with E-state index in [2.05, 4.69) is 0 Å². The van der Waals surface area contributed by atoms with Crippen LogP contribution in [0.1, 0.15) is 18.4 Å². The lowest BCUT2D eigenvalue weighted by Gasteiger charge is -2.17. The number of nitrogens with two attached hydrogens (primary N) is 1. The third kappa shape index (κ3) is 2.51. The summed E-state index contributed by atoms with van der Waals surface area (Å²) >= 11 is 12.0. The second-order valence-electron chi connectivity index (χ2n) is 4.19. The van der Waals surface area contributed by atoms with Gasteiger partial charge in [-0.2, -0.15) is 4.31 Å². The van der Waals surface area contributed by atoms with Crippen molar-refractivity contribution in [2.75, 3.05) is 13.1 Å². The van der Waals surface area contributed by atoms with Crippen molar-refractivity contribution < 1.29 is 8.42 Å². The van der Waals surface area contributed by atoms with E-state index in [1.807, 2.05) is 0 Å². The Balaban J connectivity index is 2.53. The van der Waals surface area contributed by atoms with Gasteiger partial charge in [0.15, 0.2) is 0 Å². The number of benzene rings is 1. The van der Waals surface area contributed by atoms with E-state index in [4.69, 9.17) is 28.9 Å². The van der Waals surface area contributed by atoms with E-state index >= 15 is 0 Å². The van der Waals surface area contributed by atoms with Crippen LogP contribution in [0.15, 0.2) is 17.0 Å². The van der Waals surface area contributed by atoms with Gasteiger partial charge in [-0.3, -0.25) is 0 Å². The molecule has 1 aromatic rings. The molecule has 2 N–H and O–H groups in total. The van der Waals surface area contributed by atoms with Gasteiger partial charge in [0.25, 0.3) is 0 Å². The summed E-state index contributed by atoms with van der Waals surface area (Å²) in [6.45, 7) is 1.22. The zero-order valence-corrected chi connectivity index (χ0v) is 12.0. The smallest absolute Gasteiger partial charge is 0.244 e. The predicted molar refractivity (Wildman–Crippen MR) is 72.3 cm³/mol. The summed E-state index contributed by atoms with van der Waals surface area (Å²) < 4.78 is 26.3. The molecule has 0 saturated carbocycles. The van der Waals surface area contributed by atoms with Crippen LogP contribution < -0.4 is 5.73 Å². The number of halogens is 2. The van der Waals surface area contributed by atoms with Gasteiger partial charge in [-0.05, 0) is 30.5 Å². The molecule has 1 saturated heterocycles. The molecule has 1 aromatic carbocycles. The van der Waals surface area contributed by atoms with Crippen molar-refractivity contribution >= 4 is 33.2 Å². The summed E-state index contributed by atoms with van der Waals surface area (Å²) in [7, 11) is -3.56. The lowest BCUT2D eigenvalue weighted by Crippen LogP contribution is -2.28. The highest BCUT2D eigenvalue weighted by molar-refractivity contribution is 7.89. The third-order valence-corrected chi connectivity index (χ3v) is 5.68. The minimum Gasteiger partial charge on any atom is -0.326 e. The van der Waals surface area contributed by atoms with Gasteiger partial charge in [0.1, 0.15) is 4.90 Å². The van der Waals surface area contributed by atoms with Crippen LogP contribution in [-0.2, 0) is 16.6 Å². The number of hydrogen-bond donors (Lipinski definition) is 1. The van der Waals surface area contributed by atoms with Gasteiger partial charge in [-0.25, -0.2) is 8.42 Å². The molecule has 7 heteroatoms. The molecule has 0 unspecified atom stereocenters. The summed E-state index contributed by atoms with van der Waals surface area (Å²) in [5.74, 6) is 0. The average molecular weight is 309 g/mol. The van der Waals surface area contributed by atoms with Crippen LogP contribution in [0.4, 0.5) is 0 Å². The largest absolute Gasteiger partial charge is 0.326 e. The first-order chi connectivity index (χ1) is 8.46. The molecule has 2 rings (SSSR count). The second kappa shape index (κ2) is 5.35. The van der Waals surface area contributed by atoms with Crippen molar-refractivity contribution in [1.29, 1.82) is 0 Å². The molecule has 0 spiro atoms. The van der Waals surface area contributed by atoms with Gasteiger partial charge < -0.3 is 5.73 Å². The first kappa shape index (κ1) is 14.1. The molecule has 0 amide bonds. The summed E-state index contributed by atoms with van der Waals surface area (Å²) in [5.41, 5.74) is 6.08. The molecular weight excluding hydrogens is 295 g/mol. The van der Waals surface area contributed by atoms with Gasteiger partial charge in [-0.1, -0.05) is 23.2 Å². The molecule has 0 aromatic heterocycles. The fraction of sp³-hybridized carbons (Fsp3) is 0.455. The Bertz CT molecular complexity index is 554. The number of sulfonamides is 1. The molecule has 0 radical (unpaired) electrons. The van der Waals surface area contributed by atoms with Crippen LogP contribution in [-0.4, -0.2) is 25.8 Å². The SMILES string of the molecule is NCc1cc(Cl)cc(S(=O)(=O)N2CCCC2)c1Cl. The van der Waals surface area contributed by atoms with Crippen LogP contribution in [0.3, 0.4) is 0 Å². The normalized spacial score (nSPS) is 17.3.